The van der Waals surface area contributed by atoms with Crippen molar-refractivity contribution in [2.75, 3.05) is 19.5 Å². The van der Waals surface area contributed by atoms with Crippen molar-refractivity contribution in [3.63, 3.8) is 0 Å². The smallest absolute Gasteiger partial charge is 0.405 e. The van der Waals surface area contributed by atoms with Crippen LogP contribution in [0.2, 0.25) is 0 Å². The van der Waals surface area contributed by atoms with Crippen LogP contribution in [0.1, 0.15) is 27.2 Å². The van der Waals surface area contributed by atoms with Gasteiger partial charge in [-0.05, 0) is 36.8 Å². The lowest BCUT2D eigenvalue weighted by molar-refractivity contribution is -0.274. The van der Waals surface area contributed by atoms with E-state index in [-0.39, 0.29) is 30.2 Å². The summed E-state index contributed by atoms with van der Waals surface area (Å²) in [6.45, 7) is 1.52. The van der Waals surface area contributed by atoms with Crippen LogP contribution in [0.4, 0.5) is 23.8 Å². The van der Waals surface area contributed by atoms with Crippen molar-refractivity contribution in [3.8, 4) is 11.4 Å². The number of alkyl halides is 3. The number of carbonyl (C=O) groups excluding carboxylic acids is 2. The number of ether oxygens (including phenoxy) is 2. The SMILES string of the molecule is CNC(=O)c1nn(-c2ccccc2)c(NC(=O)NCc2cc(COC)ccc2OC(F)(F)F)c1C. The number of rotatable bonds is 8. The average Bonchev–Trinajstić information content (AvgIpc) is 3.14. The molecule has 0 aliphatic heterocycles. The molecule has 0 bridgehead atoms. The molecule has 3 N–H and O–H groups in total. The lowest BCUT2D eigenvalue weighted by Crippen LogP contribution is -2.30. The van der Waals surface area contributed by atoms with Gasteiger partial charge < -0.3 is 20.1 Å². The molecule has 0 atom stereocenters. The maximum atomic E-state index is 12.8. The quantitative estimate of drug-likeness (QED) is 0.443. The fraction of sp³-hybridized carbons (Fsp3) is 0.261. The first kappa shape index (κ1) is 25.6. The highest BCUT2D eigenvalue weighted by atomic mass is 19.4. The molecule has 0 spiro atoms. The Bertz CT molecular complexity index is 1200. The second kappa shape index (κ2) is 10.9. The summed E-state index contributed by atoms with van der Waals surface area (Å²) >= 11 is 0. The molecule has 3 amide bonds. The van der Waals surface area contributed by atoms with Crippen LogP contribution in [0.5, 0.6) is 5.75 Å². The largest absolute Gasteiger partial charge is 0.573 e. The number of para-hydroxylation sites is 1. The van der Waals surface area contributed by atoms with Crippen molar-refractivity contribution in [2.45, 2.75) is 26.4 Å². The Kier molecular flexibility index (Phi) is 7.97. The molecule has 0 saturated carbocycles. The molecule has 0 aliphatic carbocycles. The Balaban J connectivity index is 1.84. The van der Waals surface area contributed by atoms with E-state index in [2.05, 4.69) is 25.8 Å². The molecule has 0 fully saturated rings. The third-order valence-corrected chi connectivity index (χ3v) is 4.90. The van der Waals surface area contributed by atoms with Gasteiger partial charge >= 0.3 is 12.4 Å². The number of aromatic nitrogens is 2. The molecule has 9 nitrogen and oxygen atoms in total. The van der Waals surface area contributed by atoms with Gasteiger partial charge in [-0.3, -0.25) is 10.1 Å². The van der Waals surface area contributed by atoms with Gasteiger partial charge in [0.2, 0.25) is 0 Å². The van der Waals surface area contributed by atoms with Gasteiger partial charge in [0, 0.05) is 31.8 Å². The monoisotopic (exact) mass is 491 g/mol. The molecule has 1 heterocycles. The maximum absolute atomic E-state index is 12.8. The average molecular weight is 491 g/mol. The summed E-state index contributed by atoms with van der Waals surface area (Å²) in [5, 5.41) is 12.0. The lowest BCUT2D eigenvalue weighted by atomic mass is 10.1. The number of carbonyl (C=O) groups is 2. The maximum Gasteiger partial charge on any atom is 0.573 e. The highest BCUT2D eigenvalue weighted by molar-refractivity contribution is 5.97. The van der Waals surface area contributed by atoms with Gasteiger partial charge in [-0.2, -0.15) is 5.10 Å². The Morgan fingerprint density at radius 1 is 1.11 bits per heavy atom. The molecule has 186 valence electrons. The van der Waals surface area contributed by atoms with Gasteiger partial charge in [-0.15, -0.1) is 13.2 Å². The second-order valence-electron chi connectivity index (χ2n) is 7.38. The Labute approximate surface area is 199 Å². The molecule has 12 heteroatoms. The summed E-state index contributed by atoms with van der Waals surface area (Å²) in [5.74, 6) is -0.651. The third-order valence-electron chi connectivity index (χ3n) is 4.90. The highest BCUT2D eigenvalue weighted by Crippen LogP contribution is 2.28. The van der Waals surface area contributed by atoms with E-state index in [0.717, 1.165) is 0 Å². The van der Waals surface area contributed by atoms with Crippen LogP contribution in [0.3, 0.4) is 0 Å². The van der Waals surface area contributed by atoms with Crippen molar-refractivity contribution in [1.29, 1.82) is 0 Å². The predicted octanol–water partition coefficient (Wildman–Crippen LogP) is 3.91. The van der Waals surface area contributed by atoms with Crippen molar-refractivity contribution < 1.29 is 32.2 Å². The van der Waals surface area contributed by atoms with Crippen molar-refractivity contribution >= 4 is 17.8 Å². The van der Waals surface area contributed by atoms with Gasteiger partial charge in [0.25, 0.3) is 5.91 Å². The molecule has 35 heavy (non-hydrogen) atoms. The summed E-state index contributed by atoms with van der Waals surface area (Å²) in [7, 11) is 2.91. The third kappa shape index (κ3) is 6.51. The summed E-state index contributed by atoms with van der Waals surface area (Å²) < 4.78 is 48.9. The number of halogens is 3. The number of methoxy groups -OCH3 is 1. The predicted molar refractivity (Wildman–Crippen MR) is 121 cm³/mol. The number of urea groups is 1. The van der Waals surface area contributed by atoms with Gasteiger partial charge in [-0.25, -0.2) is 9.48 Å². The minimum atomic E-state index is -4.89. The number of nitrogens with zero attached hydrogens (tertiary/aromatic N) is 2. The minimum absolute atomic E-state index is 0.103. The van der Waals surface area contributed by atoms with Crippen LogP contribution in [-0.4, -0.2) is 42.2 Å². The van der Waals surface area contributed by atoms with Crippen LogP contribution in [0.25, 0.3) is 5.69 Å². The van der Waals surface area contributed by atoms with Crippen molar-refractivity contribution in [2.24, 2.45) is 0 Å². The lowest BCUT2D eigenvalue weighted by Gasteiger charge is -2.16. The van der Waals surface area contributed by atoms with Gasteiger partial charge in [0.1, 0.15) is 11.6 Å². The number of hydrogen-bond donors (Lipinski definition) is 3. The number of benzene rings is 2. The van der Waals surface area contributed by atoms with Gasteiger partial charge in [0.05, 0.1) is 12.3 Å². The van der Waals surface area contributed by atoms with Crippen LogP contribution in [0, 0.1) is 6.92 Å². The Morgan fingerprint density at radius 3 is 2.46 bits per heavy atom. The summed E-state index contributed by atoms with van der Waals surface area (Å²) in [5.41, 5.74) is 1.82. The molecule has 0 radical (unpaired) electrons. The zero-order chi connectivity index (χ0) is 25.6. The zero-order valence-electron chi connectivity index (χ0n) is 19.2. The van der Waals surface area contributed by atoms with E-state index >= 15 is 0 Å². The van der Waals surface area contributed by atoms with Gasteiger partial charge in [-0.1, -0.05) is 24.3 Å². The Morgan fingerprint density at radius 2 is 1.83 bits per heavy atom. The van der Waals surface area contributed by atoms with Crippen molar-refractivity contribution in [3.05, 3.63) is 70.9 Å². The number of anilines is 1. The van der Waals surface area contributed by atoms with E-state index in [9.17, 15) is 22.8 Å². The molecule has 0 unspecified atom stereocenters. The molecular weight excluding hydrogens is 467 g/mol. The minimum Gasteiger partial charge on any atom is -0.405 e. The van der Waals surface area contributed by atoms with Crippen molar-refractivity contribution in [1.82, 2.24) is 20.4 Å². The second-order valence-corrected chi connectivity index (χ2v) is 7.38. The topological polar surface area (TPSA) is 107 Å². The van der Waals surface area contributed by atoms with E-state index in [0.29, 0.717) is 16.8 Å². The number of hydrogen-bond acceptors (Lipinski definition) is 5. The molecular formula is C23H24F3N5O4. The van der Waals surface area contributed by atoms with E-state index in [1.165, 1.54) is 37.0 Å². The summed E-state index contributed by atoms with van der Waals surface area (Å²) in [4.78, 5) is 25.0. The zero-order valence-corrected chi connectivity index (χ0v) is 19.2. The normalized spacial score (nSPS) is 11.1. The summed E-state index contributed by atoms with van der Waals surface area (Å²) in [6.07, 6.45) is -4.89. The van der Waals surface area contributed by atoms with E-state index in [1.54, 1.807) is 37.3 Å². The highest BCUT2D eigenvalue weighted by Gasteiger charge is 2.32. The fourth-order valence-electron chi connectivity index (χ4n) is 3.31. The molecule has 3 aromatic rings. The molecule has 3 rings (SSSR count). The first-order valence-electron chi connectivity index (χ1n) is 10.4. The standard InChI is InChI=1S/C23H24F3N5O4/c1-14-19(21(32)27-2)30-31(17-7-5-4-6-8-17)20(14)29-22(33)28-12-16-11-15(13-34-3)9-10-18(16)35-23(24,25)26/h4-11H,12-13H2,1-3H3,(H,27,32)(H2,28,29,33). The first-order chi connectivity index (χ1) is 16.6. The number of nitrogens with one attached hydrogen (secondary N) is 3. The number of amides is 3. The first-order valence-corrected chi connectivity index (χ1v) is 10.4. The van der Waals surface area contributed by atoms with Crippen LogP contribution in [0.15, 0.2) is 48.5 Å². The molecule has 2 aromatic carbocycles. The van der Waals surface area contributed by atoms with Crippen LogP contribution < -0.4 is 20.7 Å². The van der Waals surface area contributed by atoms with Gasteiger partial charge in [0.15, 0.2) is 5.69 Å². The van der Waals surface area contributed by atoms with E-state index < -0.39 is 24.1 Å². The molecule has 0 saturated heterocycles. The molecule has 1 aromatic heterocycles. The summed E-state index contributed by atoms with van der Waals surface area (Å²) in [6, 6.07) is 12.2. The molecule has 0 aliphatic rings. The van der Waals surface area contributed by atoms with E-state index in [1.807, 2.05) is 0 Å². The fourth-order valence-corrected chi connectivity index (χ4v) is 3.31. The van der Waals surface area contributed by atoms with E-state index in [4.69, 9.17) is 4.74 Å². The van der Waals surface area contributed by atoms with Crippen LogP contribution in [-0.2, 0) is 17.9 Å². The Hall–Kier alpha value is -4.06. The van der Waals surface area contributed by atoms with Crippen LogP contribution >= 0.6 is 0 Å².